The Bertz CT molecular complexity index is 856. The fraction of sp³-hybridized carbons (Fsp3) is 0.278. The van der Waals surface area contributed by atoms with E-state index < -0.39 is 15.8 Å². The number of piperazine rings is 1. The van der Waals surface area contributed by atoms with E-state index in [1.807, 2.05) is 6.92 Å². The Labute approximate surface area is 146 Å². The molecule has 0 spiro atoms. The molecule has 2 aromatic rings. The molecule has 0 unspecified atom stereocenters. The van der Waals surface area contributed by atoms with Crippen LogP contribution in [0.15, 0.2) is 53.4 Å². The van der Waals surface area contributed by atoms with E-state index in [0.717, 1.165) is 5.56 Å². The summed E-state index contributed by atoms with van der Waals surface area (Å²) in [6.07, 6.45) is 0. The molecule has 1 aliphatic heterocycles. The van der Waals surface area contributed by atoms with Crippen LogP contribution in [-0.2, 0) is 10.0 Å². The fourth-order valence-electron chi connectivity index (χ4n) is 2.77. The van der Waals surface area contributed by atoms with Crippen molar-refractivity contribution in [3.8, 4) is 0 Å². The largest absolute Gasteiger partial charge is 0.336 e. The van der Waals surface area contributed by atoms with Crippen molar-refractivity contribution in [1.29, 1.82) is 0 Å². The maximum atomic E-state index is 13.0. The molecule has 2 aromatic carbocycles. The smallest absolute Gasteiger partial charge is 0.253 e. The summed E-state index contributed by atoms with van der Waals surface area (Å²) in [5, 5.41) is 0. The lowest BCUT2D eigenvalue weighted by atomic mass is 10.2. The van der Waals surface area contributed by atoms with E-state index >= 15 is 0 Å². The summed E-state index contributed by atoms with van der Waals surface area (Å²) in [4.78, 5) is 14.3. The quantitative estimate of drug-likeness (QED) is 0.842. The lowest BCUT2D eigenvalue weighted by Gasteiger charge is -2.34. The van der Waals surface area contributed by atoms with Gasteiger partial charge in [0.1, 0.15) is 5.82 Å². The first-order valence-corrected chi connectivity index (χ1v) is 9.43. The van der Waals surface area contributed by atoms with Crippen LogP contribution in [0.3, 0.4) is 0 Å². The first kappa shape index (κ1) is 17.6. The number of rotatable bonds is 3. The Morgan fingerprint density at radius 2 is 1.48 bits per heavy atom. The summed E-state index contributed by atoms with van der Waals surface area (Å²) >= 11 is 0. The fourth-order valence-corrected chi connectivity index (χ4v) is 4.19. The van der Waals surface area contributed by atoms with Gasteiger partial charge in [0, 0.05) is 31.7 Å². The van der Waals surface area contributed by atoms with Crippen molar-refractivity contribution in [3.05, 3.63) is 65.5 Å². The van der Waals surface area contributed by atoms with Crippen LogP contribution in [0.4, 0.5) is 4.39 Å². The van der Waals surface area contributed by atoms with Gasteiger partial charge < -0.3 is 4.90 Å². The van der Waals surface area contributed by atoms with Gasteiger partial charge in [-0.25, -0.2) is 12.8 Å². The predicted molar refractivity (Wildman–Crippen MR) is 92.2 cm³/mol. The zero-order chi connectivity index (χ0) is 18.0. The zero-order valence-corrected chi connectivity index (χ0v) is 14.7. The summed E-state index contributed by atoms with van der Waals surface area (Å²) in [5.74, 6) is -0.613. The molecular weight excluding hydrogens is 343 g/mol. The van der Waals surface area contributed by atoms with Crippen molar-refractivity contribution in [2.75, 3.05) is 26.2 Å². The topological polar surface area (TPSA) is 57.7 Å². The van der Waals surface area contributed by atoms with Crippen molar-refractivity contribution in [1.82, 2.24) is 9.21 Å². The lowest BCUT2D eigenvalue weighted by Crippen LogP contribution is -2.50. The van der Waals surface area contributed by atoms with Crippen LogP contribution < -0.4 is 0 Å². The molecule has 25 heavy (non-hydrogen) atoms. The van der Waals surface area contributed by atoms with Crippen LogP contribution in [0.5, 0.6) is 0 Å². The van der Waals surface area contributed by atoms with Gasteiger partial charge >= 0.3 is 0 Å². The van der Waals surface area contributed by atoms with Gasteiger partial charge in [-0.2, -0.15) is 4.31 Å². The molecule has 1 heterocycles. The number of nitrogens with zero attached hydrogens (tertiary/aromatic N) is 2. The van der Waals surface area contributed by atoms with Crippen molar-refractivity contribution >= 4 is 15.9 Å². The van der Waals surface area contributed by atoms with Gasteiger partial charge in [0.05, 0.1) is 4.90 Å². The molecule has 132 valence electrons. The Hall–Kier alpha value is -2.25. The number of amides is 1. The van der Waals surface area contributed by atoms with Crippen molar-refractivity contribution in [3.63, 3.8) is 0 Å². The van der Waals surface area contributed by atoms with E-state index in [1.54, 1.807) is 29.2 Å². The summed E-state index contributed by atoms with van der Waals surface area (Å²) in [6, 6.07) is 12.1. The van der Waals surface area contributed by atoms with Gasteiger partial charge in [-0.1, -0.05) is 17.7 Å². The molecule has 0 bridgehead atoms. The molecule has 1 aliphatic rings. The molecule has 7 heteroatoms. The summed E-state index contributed by atoms with van der Waals surface area (Å²) in [6.45, 7) is 2.99. The SMILES string of the molecule is Cc1ccc(S(=O)(=O)N2CCN(C(=O)c3ccc(F)cc3)CC2)cc1. The molecule has 3 rings (SSSR count). The highest BCUT2D eigenvalue weighted by Crippen LogP contribution is 2.19. The Morgan fingerprint density at radius 3 is 2.04 bits per heavy atom. The first-order valence-electron chi connectivity index (χ1n) is 7.99. The second-order valence-corrected chi connectivity index (χ2v) is 7.95. The molecule has 0 N–H and O–H groups in total. The molecule has 1 saturated heterocycles. The van der Waals surface area contributed by atoms with E-state index in [2.05, 4.69) is 0 Å². The van der Waals surface area contributed by atoms with Crippen molar-refractivity contribution in [2.45, 2.75) is 11.8 Å². The van der Waals surface area contributed by atoms with Crippen LogP contribution in [0, 0.1) is 12.7 Å². The first-order chi connectivity index (χ1) is 11.9. The molecule has 0 aromatic heterocycles. The highest BCUT2D eigenvalue weighted by Gasteiger charge is 2.30. The molecular formula is C18H19FN2O3S. The Balaban J connectivity index is 1.68. The third-order valence-corrected chi connectivity index (χ3v) is 6.19. The van der Waals surface area contributed by atoms with Crippen LogP contribution in [0.1, 0.15) is 15.9 Å². The third kappa shape index (κ3) is 3.72. The van der Waals surface area contributed by atoms with Crippen molar-refractivity contribution in [2.24, 2.45) is 0 Å². The van der Waals surface area contributed by atoms with Gasteiger partial charge in [0.15, 0.2) is 0 Å². The molecule has 1 fully saturated rings. The van der Waals surface area contributed by atoms with E-state index in [9.17, 15) is 17.6 Å². The maximum absolute atomic E-state index is 13.0. The molecule has 0 radical (unpaired) electrons. The average molecular weight is 362 g/mol. The van der Waals surface area contributed by atoms with Crippen molar-refractivity contribution < 1.29 is 17.6 Å². The van der Waals surface area contributed by atoms with Crippen LogP contribution in [0.2, 0.25) is 0 Å². The molecule has 5 nitrogen and oxygen atoms in total. The third-order valence-electron chi connectivity index (χ3n) is 4.28. The van der Waals surface area contributed by atoms with Crippen LogP contribution in [0.25, 0.3) is 0 Å². The predicted octanol–water partition coefficient (Wildman–Crippen LogP) is 2.28. The van der Waals surface area contributed by atoms with Gasteiger partial charge in [-0.05, 0) is 43.3 Å². The average Bonchev–Trinajstić information content (AvgIpc) is 2.62. The second kappa shape index (κ2) is 6.93. The number of carbonyl (C=O) groups excluding carboxylic acids is 1. The molecule has 0 atom stereocenters. The number of hydrogen-bond acceptors (Lipinski definition) is 3. The second-order valence-electron chi connectivity index (χ2n) is 6.02. The molecule has 1 amide bonds. The minimum Gasteiger partial charge on any atom is -0.336 e. The number of halogens is 1. The lowest BCUT2D eigenvalue weighted by molar-refractivity contribution is 0.0698. The summed E-state index contributed by atoms with van der Waals surface area (Å²) in [7, 11) is -3.55. The van der Waals surface area contributed by atoms with Gasteiger partial charge in [-0.15, -0.1) is 0 Å². The highest BCUT2D eigenvalue weighted by molar-refractivity contribution is 7.89. The minimum atomic E-state index is -3.55. The van der Waals surface area contributed by atoms with Gasteiger partial charge in [-0.3, -0.25) is 4.79 Å². The number of benzene rings is 2. The van der Waals surface area contributed by atoms with Crippen LogP contribution in [-0.4, -0.2) is 49.7 Å². The number of sulfonamides is 1. The zero-order valence-electron chi connectivity index (χ0n) is 13.9. The normalized spacial score (nSPS) is 16.0. The Kier molecular flexibility index (Phi) is 4.87. The summed E-state index contributed by atoms with van der Waals surface area (Å²) in [5.41, 5.74) is 1.39. The minimum absolute atomic E-state index is 0.215. The van der Waals surface area contributed by atoms with Gasteiger partial charge in [0.25, 0.3) is 5.91 Å². The number of hydrogen-bond donors (Lipinski definition) is 0. The van der Waals surface area contributed by atoms with E-state index in [-0.39, 0.29) is 23.9 Å². The van der Waals surface area contributed by atoms with E-state index in [0.29, 0.717) is 18.7 Å². The number of carbonyl (C=O) groups is 1. The highest BCUT2D eigenvalue weighted by atomic mass is 32.2. The molecule has 0 saturated carbocycles. The van der Waals surface area contributed by atoms with Gasteiger partial charge in [0.2, 0.25) is 10.0 Å². The maximum Gasteiger partial charge on any atom is 0.253 e. The van der Waals surface area contributed by atoms with E-state index in [4.69, 9.17) is 0 Å². The standard InChI is InChI=1S/C18H19FN2O3S/c1-14-2-8-17(9-3-14)25(23,24)21-12-10-20(11-13-21)18(22)15-4-6-16(19)7-5-15/h2-9H,10-13H2,1H3. The van der Waals surface area contributed by atoms with Crippen LogP contribution >= 0.6 is 0 Å². The summed E-state index contributed by atoms with van der Waals surface area (Å²) < 4.78 is 39.7. The number of aryl methyl sites for hydroxylation is 1. The van der Waals surface area contributed by atoms with E-state index in [1.165, 1.54) is 28.6 Å². The molecule has 0 aliphatic carbocycles. The monoisotopic (exact) mass is 362 g/mol. The Morgan fingerprint density at radius 1 is 0.920 bits per heavy atom.